The van der Waals surface area contributed by atoms with Crippen LogP contribution in [0.1, 0.15) is 6.92 Å². The summed E-state index contributed by atoms with van der Waals surface area (Å²) in [5.74, 6) is 0.502. The largest absolute Gasteiger partial charge is 0.484 e. The Balaban J connectivity index is 3.29. The van der Waals surface area contributed by atoms with E-state index in [9.17, 15) is 0 Å². The Kier molecular flexibility index (Phi) is 3.32. The fourth-order valence-corrected chi connectivity index (χ4v) is 0.164. The van der Waals surface area contributed by atoms with Crippen LogP contribution in [-0.2, 0) is 4.74 Å². The van der Waals surface area contributed by atoms with Gasteiger partial charge in [0.2, 0.25) is 0 Å². The Hall–Kier alpha value is -0.570. The predicted molar refractivity (Wildman–Crippen MR) is 27.2 cm³/mol. The van der Waals surface area contributed by atoms with Gasteiger partial charge in [-0.1, -0.05) is 0 Å². The van der Waals surface area contributed by atoms with Crippen LogP contribution in [0.2, 0.25) is 0 Å². The van der Waals surface area contributed by atoms with Gasteiger partial charge in [0.05, 0.1) is 7.11 Å². The van der Waals surface area contributed by atoms with Crippen molar-refractivity contribution in [3.05, 3.63) is 0 Å². The highest BCUT2D eigenvalue weighted by molar-refractivity contribution is 5.72. The second-order valence-corrected chi connectivity index (χ2v) is 1.02. The first kappa shape index (κ1) is 6.43. The molecule has 0 radical (unpaired) electrons. The molecule has 7 heavy (non-hydrogen) atoms. The number of aliphatic imine (C=N–C) groups is 1. The molecule has 0 amide bonds. The van der Waals surface area contributed by atoms with Crippen LogP contribution in [0, 0.1) is 0 Å². The van der Waals surface area contributed by atoms with Crippen LogP contribution < -0.4 is 0 Å². The molecular weight excluding hydrogens is 94.0 g/mol. The average Bonchev–Trinajstić information content (AvgIpc) is 1.68. The van der Waals surface area contributed by atoms with Gasteiger partial charge in [0.1, 0.15) is 6.73 Å². The van der Waals surface area contributed by atoms with Crippen LogP contribution in [-0.4, -0.2) is 24.8 Å². The lowest BCUT2D eigenvalue weighted by atomic mass is 10.8. The molecule has 0 aromatic carbocycles. The first-order valence-corrected chi connectivity index (χ1v) is 1.97. The monoisotopic (exact) mass is 103 g/mol. The number of aliphatic hydroxyl groups is 1. The summed E-state index contributed by atoms with van der Waals surface area (Å²) in [6.07, 6.45) is 0. The van der Waals surface area contributed by atoms with Crippen LogP contribution in [0.3, 0.4) is 0 Å². The summed E-state index contributed by atoms with van der Waals surface area (Å²) in [7, 11) is 1.51. The Bertz CT molecular complexity index is 70.1. The maximum absolute atomic E-state index is 8.10. The summed E-state index contributed by atoms with van der Waals surface area (Å²) in [5.41, 5.74) is 0. The van der Waals surface area contributed by atoms with E-state index >= 15 is 0 Å². The molecule has 0 aliphatic heterocycles. The van der Waals surface area contributed by atoms with E-state index in [4.69, 9.17) is 5.11 Å². The molecule has 0 rings (SSSR count). The molecule has 0 aliphatic carbocycles. The Morgan fingerprint density at radius 1 is 1.86 bits per heavy atom. The van der Waals surface area contributed by atoms with Crippen LogP contribution in [0.15, 0.2) is 4.99 Å². The number of hydrogen-bond donors (Lipinski definition) is 1. The van der Waals surface area contributed by atoms with E-state index in [2.05, 4.69) is 9.73 Å². The van der Waals surface area contributed by atoms with Crippen molar-refractivity contribution in [2.24, 2.45) is 4.99 Å². The fraction of sp³-hybridized carbons (Fsp3) is 0.750. The van der Waals surface area contributed by atoms with Gasteiger partial charge in [-0.3, -0.25) is 0 Å². The van der Waals surface area contributed by atoms with Crippen molar-refractivity contribution in [1.29, 1.82) is 0 Å². The van der Waals surface area contributed by atoms with Crippen molar-refractivity contribution in [2.45, 2.75) is 6.92 Å². The molecule has 3 nitrogen and oxygen atoms in total. The molecule has 0 saturated carbocycles. The van der Waals surface area contributed by atoms with Crippen LogP contribution in [0.4, 0.5) is 0 Å². The number of aliphatic hydroxyl groups excluding tert-OH is 1. The molecule has 42 valence electrons. The zero-order chi connectivity index (χ0) is 5.70. The first-order valence-electron chi connectivity index (χ1n) is 1.97. The van der Waals surface area contributed by atoms with Gasteiger partial charge < -0.3 is 9.84 Å². The number of nitrogens with zero attached hydrogens (tertiary/aromatic N) is 1. The summed E-state index contributed by atoms with van der Waals surface area (Å²) in [5, 5.41) is 8.10. The van der Waals surface area contributed by atoms with Gasteiger partial charge in [0.15, 0.2) is 5.90 Å². The quantitative estimate of drug-likeness (QED) is 0.375. The van der Waals surface area contributed by atoms with Crippen molar-refractivity contribution >= 4 is 5.90 Å². The van der Waals surface area contributed by atoms with Gasteiger partial charge in [-0.15, -0.1) is 0 Å². The van der Waals surface area contributed by atoms with E-state index in [-0.39, 0.29) is 6.73 Å². The standard InChI is InChI=1S/C4H9NO2/c1-4(7-2)5-3-6/h6H,3H2,1-2H3/b5-4-. The second kappa shape index (κ2) is 3.61. The highest BCUT2D eigenvalue weighted by Gasteiger charge is 1.78. The molecule has 1 N–H and O–H groups in total. The topological polar surface area (TPSA) is 41.8 Å². The molecule has 0 spiro atoms. The summed E-state index contributed by atoms with van der Waals surface area (Å²) >= 11 is 0. The summed E-state index contributed by atoms with van der Waals surface area (Å²) in [6.45, 7) is 1.48. The van der Waals surface area contributed by atoms with E-state index in [0.717, 1.165) is 0 Å². The fourth-order valence-electron chi connectivity index (χ4n) is 0.164. The molecule has 0 saturated heterocycles. The molecule has 0 bridgehead atoms. The van der Waals surface area contributed by atoms with Crippen LogP contribution >= 0.6 is 0 Å². The van der Waals surface area contributed by atoms with Crippen molar-refractivity contribution in [2.75, 3.05) is 13.8 Å². The number of rotatable bonds is 1. The summed E-state index contributed by atoms with van der Waals surface area (Å²) < 4.78 is 4.58. The third-order valence-electron chi connectivity index (χ3n) is 0.589. The smallest absolute Gasteiger partial charge is 0.181 e. The minimum absolute atomic E-state index is 0.195. The zero-order valence-electron chi connectivity index (χ0n) is 4.51. The first-order chi connectivity index (χ1) is 3.31. The van der Waals surface area contributed by atoms with Gasteiger partial charge in [0.25, 0.3) is 0 Å². The van der Waals surface area contributed by atoms with Gasteiger partial charge in [-0.25, -0.2) is 4.99 Å². The van der Waals surface area contributed by atoms with E-state index < -0.39 is 0 Å². The zero-order valence-corrected chi connectivity index (χ0v) is 4.51. The lowest BCUT2D eigenvalue weighted by Crippen LogP contribution is -1.94. The molecule has 0 unspecified atom stereocenters. The van der Waals surface area contributed by atoms with E-state index in [1.165, 1.54) is 7.11 Å². The summed E-state index contributed by atoms with van der Waals surface area (Å²) in [6, 6.07) is 0. The van der Waals surface area contributed by atoms with Crippen molar-refractivity contribution < 1.29 is 9.84 Å². The molecule has 3 heteroatoms. The van der Waals surface area contributed by atoms with Gasteiger partial charge in [-0.2, -0.15) is 0 Å². The molecule has 0 heterocycles. The SMILES string of the molecule is CO/C(C)=N\CO. The lowest BCUT2D eigenvalue weighted by Gasteiger charge is -1.92. The predicted octanol–water partition coefficient (Wildman–Crippen LogP) is 0.001000. The van der Waals surface area contributed by atoms with Gasteiger partial charge in [-0.05, 0) is 0 Å². The average molecular weight is 103 g/mol. The minimum Gasteiger partial charge on any atom is -0.484 e. The minimum atomic E-state index is -0.195. The normalized spacial score (nSPS) is 11.6. The second-order valence-electron chi connectivity index (χ2n) is 1.02. The number of hydrogen-bond acceptors (Lipinski definition) is 3. The van der Waals surface area contributed by atoms with Crippen LogP contribution in [0.25, 0.3) is 0 Å². The van der Waals surface area contributed by atoms with Crippen LogP contribution in [0.5, 0.6) is 0 Å². The van der Waals surface area contributed by atoms with Crippen molar-refractivity contribution in [3.8, 4) is 0 Å². The molecule has 0 atom stereocenters. The van der Waals surface area contributed by atoms with Gasteiger partial charge >= 0.3 is 0 Å². The Morgan fingerprint density at radius 3 is 2.57 bits per heavy atom. The third-order valence-corrected chi connectivity index (χ3v) is 0.589. The molecule has 0 aromatic heterocycles. The highest BCUT2D eigenvalue weighted by atomic mass is 16.5. The maximum atomic E-state index is 8.10. The third kappa shape index (κ3) is 3.26. The molecule has 0 aromatic rings. The highest BCUT2D eigenvalue weighted by Crippen LogP contribution is 1.73. The van der Waals surface area contributed by atoms with Gasteiger partial charge in [0, 0.05) is 6.92 Å². The van der Waals surface area contributed by atoms with Crippen molar-refractivity contribution in [3.63, 3.8) is 0 Å². The molecular formula is C4H9NO2. The van der Waals surface area contributed by atoms with E-state index in [1.807, 2.05) is 0 Å². The summed E-state index contributed by atoms with van der Waals surface area (Å²) in [4.78, 5) is 3.49. The lowest BCUT2D eigenvalue weighted by molar-refractivity contribution is 0.299. The number of ether oxygens (including phenoxy) is 1. The maximum Gasteiger partial charge on any atom is 0.181 e. The Labute approximate surface area is 42.6 Å². The number of methoxy groups -OCH3 is 1. The Morgan fingerprint density at radius 2 is 2.43 bits per heavy atom. The van der Waals surface area contributed by atoms with E-state index in [1.54, 1.807) is 6.92 Å². The molecule has 0 fully saturated rings. The van der Waals surface area contributed by atoms with E-state index in [0.29, 0.717) is 5.90 Å². The van der Waals surface area contributed by atoms with Crippen molar-refractivity contribution in [1.82, 2.24) is 0 Å². The molecule has 0 aliphatic rings.